The van der Waals surface area contributed by atoms with Crippen molar-refractivity contribution in [3.63, 3.8) is 0 Å². The maximum atomic E-state index is 13.6. The summed E-state index contributed by atoms with van der Waals surface area (Å²) in [5, 5.41) is 3.34. The van der Waals surface area contributed by atoms with Gasteiger partial charge in [-0.05, 0) is 68.5 Å². The van der Waals surface area contributed by atoms with Crippen molar-refractivity contribution in [1.82, 2.24) is 0 Å². The summed E-state index contributed by atoms with van der Waals surface area (Å²) in [4.78, 5) is 13.5. The Labute approximate surface area is 165 Å². The van der Waals surface area contributed by atoms with Gasteiger partial charge >= 0.3 is 0 Å². The minimum atomic E-state index is -3.84. The molecule has 1 amide bonds. The molecule has 0 unspecified atom stereocenters. The number of sulfone groups is 1. The summed E-state index contributed by atoms with van der Waals surface area (Å²) >= 11 is 6.05. The number of carbonyl (C=O) groups excluding carboxylic acids is 1. The first-order chi connectivity index (χ1) is 12.7. The van der Waals surface area contributed by atoms with Crippen LogP contribution in [0.2, 0.25) is 5.02 Å². The zero-order valence-corrected chi connectivity index (χ0v) is 17.4. The molecule has 0 radical (unpaired) electrons. The van der Waals surface area contributed by atoms with Crippen molar-refractivity contribution in [1.29, 1.82) is 0 Å². The smallest absolute Gasteiger partial charge is 0.246 e. The van der Waals surface area contributed by atoms with Gasteiger partial charge in [-0.15, -0.1) is 0 Å². The largest absolute Gasteiger partial charge is 0.324 e. The number of hydrogen-bond acceptors (Lipinski definition) is 3. The number of aryl methyl sites for hydroxylation is 3. The predicted molar refractivity (Wildman–Crippen MR) is 109 cm³/mol. The van der Waals surface area contributed by atoms with Crippen LogP contribution in [0.15, 0.2) is 41.3 Å². The molecular formula is C21H24ClNO3S. The summed E-state index contributed by atoms with van der Waals surface area (Å²) in [6.07, 6.45) is 2.08. The number of amides is 1. The van der Waals surface area contributed by atoms with Crippen LogP contribution in [0.25, 0.3) is 0 Å². The van der Waals surface area contributed by atoms with Crippen LogP contribution in [0.4, 0.5) is 5.69 Å². The third-order valence-electron chi connectivity index (χ3n) is 5.42. The highest BCUT2D eigenvalue weighted by atomic mass is 35.5. The number of halogens is 1. The molecule has 3 rings (SSSR count). The minimum Gasteiger partial charge on any atom is -0.324 e. The molecule has 0 atom stereocenters. The van der Waals surface area contributed by atoms with Crippen molar-refractivity contribution in [2.45, 2.75) is 56.1 Å². The fourth-order valence-electron chi connectivity index (χ4n) is 3.74. The molecule has 0 bridgehead atoms. The summed E-state index contributed by atoms with van der Waals surface area (Å²) in [6, 6.07) is 10.5. The fourth-order valence-corrected chi connectivity index (χ4v) is 6.28. The van der Waals surface area contributed by atoms with Gasteiger partial charge in [-0.2, -0.15) is 0 Å². The van der Waals surface area contributed by atoms with Crippen LogP contribution in [0.3, 0.4) is 0 Å². The number of hydrogen-bond donors (Lipinski definition) is 1. The van der Waals surface area contributed by atoms with Crippen molar-refractivity contribution in [3.8, 4) is 0 Å². The topological polar surface area (TPSA) is 63.2 Å². The molecule has 1 fully saturated rings. The van der Waals surface area contributed by atoms with Gasteiger partial charge in [0.2, 0.25) is 5.91 Å². The third kappa shape index (κ3) is 3.50. The van der Waals surface area contributed by atoms with Gasteiger partial charge < -0.3 is 5.32 Å². The third-order valence-corrected chi connectivity index (χ3v) is 8.30. The lowest BCUT2D eigenvalue weighted by Crippen LogP contribution is -2.47. The molecule has 0 saturated heterocycles. The second-order valence-corrected chi connectivity index (χ2v) is 10.1. The highest BCUT2D eigenvalue weighted by molar-refractivity contribution is 7.93. The van der Waals surface area contributed by atoms with Crippen molar-refractivity contribution in [2.24, 2.45) is 0 Å². The number of rotatable bonds is 4. The van der Waals surface area contributed by atoms with E-state index in [4.69, 9.17) is 11.6 Å². The molecule has 0 heterocycles. The molecule has 0 spiro atoms. The Balaban J connectivity index is 2.06. The standard InChI is InChI=1S/C21H24ClNO3S/c1-14-6-7-16(3)19(12-14)27(25,26)21(10-4-5-11-21)20(24)23-18-13-17(22)9-8-15(18)2/h6-9,12-13H,4-5,10-11H2,1-3H3,(H,23,24). The van der Waals surface area contributed by atoms with E-state index < -0.39 is 20.5 Å². The Bertz CT molecular complexity index is 992. The van der Waals surface area contributed by atoms with Crippen LogP contribution in [0.5, 0.6) is 0 Å². The van der Waals surface area contributed by atoms with Crippen molar-refractivity contribution < 1.29 is 13.2 Å². The molecule has 1 saturated carbocycles. The van der Waals surface area contributed by atoms with Crippen molar-refractivity contribution >= 4 is 33.0 Å². The van der Waals surface area contributed by atoms with Crippen LogP contribution in [-0.4, -0.2) is 19.1 Å². The van der Waals surface area contributed by atoms with Crippen LogP contribution >= 0.6 is 11.6 Å². The minimum absolute atomic E-state index is 0.252. The van der Waals surface area contributed by atoms with Crippen LogP contribution in [0, 0.1) is 20.8 Å². The Morgan fingerprint density at radius 3 is 2.30 bits per heavy atom. The molecule has 2 aromatic carbocycles. The Morgan fingerprint density at radius 2 is 1.63 bits per heavy atom. The van der Waals surface area contributed by atoms with Gasteiger partial charge in [0.05, 0.1) is 4.90 Å². The lowest BCUT2D eigenvalue weighted by Gasteiger charge is -2.29. The molecule has 4 nitrogen and oxygen atoms in total. The maximum absolute atomic E-state index is 13.6. The highest BCUT2D eigenvalue weighted by Gasteiger charge is 2.53. The van der Waals surface area contributed by atoms with E-state index in [2.05, 4.69) is 5.32 Å². The average Bonchev–Trinajstić information content (AvgIpc) is 3.12. The van der Waals surface area contributed by atoms with E-state index in [-0.39, 0.29) is 4.90 Å². The molecule has 144 valence electrons. The van der Waals surface area contributed by atoms with Gasteiger partial charge in [0.1, 0.15) is 0 Å². The molecule has 1 N–H and O–H groups in total. The Morgan fingerprint density at radius 1 is 1.00 bits per heavy atom. The molecule has 27 heavy (non-hydrogen) atoms. The van der Waals surface area contributed by atoms with E-state index in [0.29, 0.717) is 42.0 Å². The zero-order chi connectivity index (χ0) is 19.8. The lowest BCUT2D eigenvalue weighted by atomic mass is 10.1. The molecule has 6 heteroatoms. The van der Waals surface area contributed by atoms with Gasteiger partial charge in [-0.1, -0.05) is 42.6 Å². The summed E-state index contributed by atoms with van der Waals surface area (Å²) < 4.78 is 25.8. The first-order valence-corrected chi connectivity index (χ1v) is 10.9. The monoisotopic (exact) mass is 405 g/mol. The second kappa shape index (κ2) is 7.28. The quantitative estimate of drug-likeness (QED) is 0.779. The van der Waals surface area contributed by atoms with Gasteiger partial charge in [0, 0.05) is 10.7 Å². The molecule has 0 aromatic heterocycles. The predicted octanol–water partition coefficient (Wildman–Crippen LogP) is 4.99. The molecule has 1 aliphatic carbocycles. The fraction of sp³-hybridized carbons (Fsp3) is 0.381. The van der Waals surface area contributed by atoms with Gasteiger partial charge in [-0.3, -0.25) is 4.79 Å². The first kappa shape index (κ1) is 19.9. The lowest BCUT2D eigenvalue weighted by molar-refractivity contribution is -0.118. The Hall–Kier alpha value is -1.85. The number of carbonyl (C=O) groups is 1. The SMILES string of the molecule is Cc1ccc(C)c(S(=O)(=O)C2(C(=O)Nc3cc(Cl)ccc3C)CCCC2)c1. The zero-order valence-electron chi connectivity index (χ0n) is 15.8. The van der Waals surface area contributed by atoms with E-state index in [9.17, 15) is 13.2 Å². The summed E-state index contributed by atoms with van der Waals surface area (Å²) in [7, 11) is -3.84. The van der Waals surface area contributed by atoms with Crippen molar-refractivity contribution in [2.75, 3.05) is 5.32 Å². The summed E-state index contributed by atoms with van der Waals surface area (Å²) in [6.45, 7) is 5.48. The number of nitrogens with one attached hydrogen (secondary N) is 1. The normalized spacial score (nSPS) is 16.3. The second-order valence-electron chi connectivity index (χ2n) is 7.39. The number of anilines is 1. The average molecular weight is 406 g/mol. The molecule has 2 aromatic rings. The summed E-state index contributed by atoms with van der Waals surface area (Å²) in [5.41, 5.74) is 2.91. The van der Waals surface area contributed by atoms with Gasteiger partial charge in [-0.25, -0.2) is 8.42 Å². The van der Waals surface area contributed by atoms with Crippen LogP contribution in [0.1, 0.15) is 42.4 Å². The number of benzene rings is 2. The maximum Gasteiger partial charge on any atom is 0.246 e. The molecule has 0 aliphatic heterocycles. The van der Waals surface area contributed by atoms with Crippen molar-refractivity contribution in [3.05, 3.63) is 58.1 Å². The van der Waals surface area contributed by atoms with E-state index in [1.807, 2.05) is 19.9 Å². The summed E-state index contributed by atoms with van der Waals surface area (Å²) in [5.74, 6) is -0.466. The van der Waals surface area contributed by atoms with Crippen LogP contribution in [-0.2, 0) is 14.6 Å². The molecular weight excluding hydrogens is 382 g/mol. The van der Waals surface area contributed by atoms with E-state index in [0.717, 1.165) is 11.1 Å². The molecule has 1 aliphatic rings. The van der Waals surface area contributed by atoms with Gasteiger partial charge in [0.15, 0.2) is 14.6 Å². The highest BCUT2D eigenvalue weighted by Crippen LogP contribution is 2.42. The van der Waals surface area contributed by atoms with Gasteiger partial charge in [0.25, 0.3) is 0 Å². The van der Waals surface area contributed by atoms with Crippen LogP contribution < -0.4 is 5.32 Å². The van der Waals surface area contributed by atoms with E-state index in [1.54, 1.807) is 37.3 Å². The van der Waals surface area contributed by atoms with E-state index >= 15 is 0 Å². The van der Waals surface area contributed by atoms with E-state index in [1.165, 1.54) is 0 Å². The first-order valence-electron chi connectivity index (χ1n) is 9.07. The Kier molecular flexibility index (Phi) is 5.37.